The van der Waals surface area contributed by atoms with Gasteiger partial charge < -0.3 is 40.3 Å². The molecule has 0 spiro atoms. The van der Waals surface area contributed by atoms with Crippen LogP contribution in [0.5, 0.6) is 5.75 Å². The molecule has 260 valence electrons. The van der Waals surface area contributed by atoms with Gasteiger partial charge in [-0.2, -0.15) is 0 Å². The molecule has 2 aliphatic rings. The minimum atomic E-state index is -1.46. The maximum Gasteiger partial charge on any atom is 0.277 e. The van der Waals surface area contributed by atoms with Crippen LogP contribution < -0.4 is 26.2 Å². The summed E-state index contributed by atoms with van der Waals surface area (Å²) < 4.78 is 7.53. The van der Waals surface area contributed by atoms with Crippen LogP contribution in [0.3, 0.4) is 0 Å². The first-order valence-electron chi connectivity index (χ1n) is 14.7. The summed E-state index contributed by atoms with van der Waals surface area (Å²) in [5.41, 5.74) is 5.68. The highest BCUT2D eigenvalue weighted by Crippen LogP contribution is 2.41. The number of nitrogens with two attached hydrogens (primary N) is 1. The smallest absolute Gasteiger partial charge is 0.277 e. The van der Waals surface area contributed by atoms with Gasteiger partial charge in [0.05, 0.1) is 11.7 Å². The SMILES string of the molecule is CC[n+]1ccc(SCC2=C(C(=O)[O-])N3C(=O)[C@@H](NC(=O)/C(=N\OCCSc4nnc(-c5cc(=O)c(O)c[nH]5)o4)c4csc(N)n4)[C@H]3SC2)cc1. The van der Waals surface area contributed by atoms with E-state index >= 15 is 0 Å². The van der Waals surface area contributed by atoms with Crippen molar-refractivity contribution in [3.05, 3.63) is 69.4 Å². The highest BCUT2D eigenvalue weighted by Gasteiger charge is 2.53. The topological polar surface area (TPSA) is 246 Å². The second kappa shape index (κ2) is 15.4. The number of carboxylic acid groups (broad SMARTS) is 1. The Balaban J connectivity index is 1.07. The molecule has 6 heterocycles. The molecule has 2 aliphatic heterocycles. The number of carboxylic acids is 1. The monoisotopic (exact) mass is 757 g/mol. The number of aliphatic carboxylic acids is 1. The average molecular weight is 758 g/mol. The minimum absolute atomic E-state index is 0.00836. The number of thiazole rings is 1. The van der Waals surface area contributed by atoms with E-state index in [0.717, 1.165) is 51.7 Å². The van der Waals surface area contributed by atoms with Crippen molar-refractivity contribution in [2.45, 2.75) is 35.0 Å². The first-order valence-corrected chi connectivity index (χ1v) is 18.6. The van der Waals surface area contributed by atoms with Gasteiger partial charge >= 0.3 is 0 Å². The number of aromatic hydroxyl groups is 1. The number of rotatable bonds is 14. The molecular formula is C29H27N9O8S4. The molecule has 21 heteroatoms. The number of nitrogens with zero attached hydrogens (tertiary/aromatic N) is 6. The third-order valence-electron chi connectivity index (χ3n) is 7.23. The fourth-order valence-corrected chi connectivity index (χ4v) is 8.24. The Morgan fingerprint density at radius 1 is 1.30 bits per heavy atom. The van der Waals surface area contributed by atoms with Gasteiger partial charge in [-0.1, -0.05) is 16.9 Å². The number of carbonyl (C=O) groups is 3. The number of aryl methyl sites for hydroxylation is 1. The maximum absolute atomic E-state index is 13.4. The molecule has 0 aromatic carbocycles. The zero-order valence-corrected chi connectivity index (χ0v) is 29.2. The van der Waals surface area contributed by atoms with Crippen molar-refractivity contribution in [3.63, 3.8) is 0 Å². The molecule has 17 nitrogen and oxygen atoms in total. The molecule has 0 radical (unpaired) electrons. The van der Waals surface area contributed by atoms with E-state index in [9.17, 15) is 29.4 Å². The van der Waals surface area contributed by atoms with Crippen molar-refractivity contribution >= 4 is 75.2 Å². The largest absolute Gasteiger partial charge is 0.543 e. The fraction of sp³-hybridized carbons (Fsp3) is 0.276. The van der Waals surface area contributed by atoms with Gasteiger partial charge in [0.2, 0.25) is 5.43 Å². The number of aromatic amines is 1. The van der Waals surface area contributed by atoms with Crippen LogP contribution in [0.2, 0.25) is 0 Å². The quantitative estimate of drug-likeness (QED) is 0.0335. The molecule has 0 unspecified atom stereocenters. The van der Waals surface area contributed by atoms with E-state index in [4.69, 9.17) is 15.0 Å². The molecule has 5 N–H and O–H groups in total. The fourth-order valence-electron chi connectivity index (χ4n) is 4.76. The van der Waals surface area contributed by atoms with Gasteiger partial charge in [-0.15, -0.1) is 45.1 Å². The minimum Gasteiger partial charge on any atom is -0.543 e. The molecule has 0 bridgehead atoms. The molecule has 2 atom stereocenters. The lowest BCUT2D eigenvalue weighted by molar-refractivity contribution is -0.693. The number of thioether (sulfide) groups is 3. The van der Waals surface area contributed by atoms with Gasteiger partial charge in [0.15, 0.2) is 29.0 Å². The first-order chi connectivity index (χ1) is 24.1. The second-order valence-electron chi connectivity index (χ2n) is 10.4. The van der Waals surface area contributed by atoms with Crippen molar-refractivity contribution < 1.29 is 38.4 Å². The Hall–Kier alpha value is -4.86. The van der Waals surface area contributed by atoms with Crippen LogP contribution in [-0.2, 0) is 25.8 Å². The molecule has 4 aromatic heterocycles. The normalized spacial score (nSPS) is 17.3. The molecule has 4 aromatic rings. The lowest BCUT2D eigenvalue weighted by atomic mass is 10.0. The summed E-state index contributed by atoms with van der Waals surface area (Å²) in [5, 5.41) is 37.2. The summed E-state index contributed by atoms with van der Waals surface area (Å²) >= 11 is 5.00. The third-order valence-corrected chi connectivity index (χ3v) is 11.1. The van der Waals surface area contributed by atoms with Gasteiger partial charge in [0.25, 0.3) is 22.9 Å². The Labute approximate surface area is 299 Å². The summed E-state index contributed by atoms with van der Waals surface area (Å²) in [7, 11) is 0. The first kappa shape index (κ1) is 35.0. The number of hydrogen-bond donors (Lipinski definition) is 4. The molecule has 1 fully saturated rings. The van der Waals surface area contributed by atoms with Crippen LogP contribution in [-0.4, -0.2) is 88.9 Å². The number of pyridine rings is 2. The number of oxime groups is 1. The number of anilines is 1. The van der Waals surface area contributed by atoms with Crippen molar-refractivity contribution in [3.8, 4) is 17.3 Å². The zero-order chi connectivity index (χ0) is 35.4. The van der Waals surface area contributed by atoms with E-state index in [2.05, 4.69) is 30.6 Å². The van der Waals surface area contributed by atoms with Gasteiger partial charge in [0, 0.05) is 51.9 Å². The molecule has 2 amide bonds. The van der Waals surface area contributed by atoms with Gasteiger partial charge in [-0.3, -0.25) is 19.3 Å². The summed E-state index contributed by atoms with van der Waals surface area (Å²) in [4.78, 5) is 64.9. The Morgan fingerprint density at radius 2 is 2.10 bits per heavy atom. The Kier molecular flexibility index (Phi) is 10.7. The van der Waals surface area contributed by atoms with Crippen LogP contribution in [0, 0.1) is 0 Å². The van der Waals surface area contributed by atoms with Crippen LogP contribution in [0.25, 0.3) is 11.6 Å². The number of hydrogen-bond acceptors (Lipinski definition) is 17. The van der Waals surface area contributed by atoms with Gasteiger partial charge in [-0.25, -0.2) is 9.55 Å². The standard InChI is InChI=1S/C29H27N9O8S4/c1-2-37-5-3-15(4-6-37)48-11-14-12-49-26-21(25(42)38(26)22(14)27(43)44)33-23(41)20(17-13-50-28(30)32-17)36-45-7-8-47-29-35-34-24(46-29)16-9-18(39)19(40)10-31-16/h3-6,9-10,13,21,26H,2,7-8,11-12H2,1H3,(H5-,30,31,32,33,34,36,39,40,41,43,44)/t21-,26-/m1/s1. The van der Waals surface area contributed by atoms with Crippen molar-refractivity contribution in [1.82, 2.24) is 30.4 Å². The average Bonchev–Trinajstić information content (AvgIpc) is 3.77. The van der Waals surface area contributed by atoms with E-state index in [1.807, 2.05) is 36.0 Å². The Bertz CT molecular complexity index is 2050. The summed E-state index contributed by atoms with van der Waals surface area (Å²) in [6.07, 6.45) is 4.99. The molecule has 50 heavy (non-hydrogen) atoms. The zero-order valence-electron chi connectivity index (χ0n) is 25.9. The summed E-state index contributed by atoms with van der Waals surface area (Å²) in [6, 6.07) is 3.98. The summed E-state index contributed by atoms with van der Waals surface area (Å²) in [6.45, 7) is 2.85. The maximum atomic E-state index is 13.4. The molecule has 1 saturated heterocycles. The molecule has 0 aliphatic carbocycles. The number of aromatic nitrogens is 5. The number of β-lactam (4-membered cyclic amide) rings is 1. The van der Waals surface area contributed by atoms with Crippen LogP contribution in [0.15, 0.2) is 77.9 Å². The van der Waals surface area contributed by atoms with Crippen LogP contribution in [0.1, 0.15) is 12.6 Å². The van der Waals surface area contributed by atoms with Crippen molar-refractivity contribution in [2.24, 2.45) is 5.16 Å². The van der Waals surface area contributed by atoms with Gasteiger partial charge in [-0.05, 0) is 12.5 Å². The van der Waals surface area contributed by atoms with Crippen LogP contribution in [0.4, 0.5) is 5.13 Å². The Morgan fingerprint density at radius 3 is 2.80 bits per heavy atom. The lowest BCUT2D eigenvalue weighted by Gasteiger charge is -2.50. The van der Waals surface area contributed by atoms with Crippen LogP contribution >= 0.6 is 46.6 Å². The number of nitrogen functional groups attached to an aromatic ring is 1. The number of nitrogens with one attached hydrogen (secondary N) is 2. The van der Waals surface area contributed by atoms with E-state index in [1.165, 1.54) is 28.9 Å². The third kappa shape index (κ3) is 7.64. The number of carbonyl (C=O) groups excluding carboxylic acids is 3. The van der Waals surface area contributed by atoms with E-state index in [-0.39, 0.29) is 51.4 Å². The molecule has 6 rings (SSSR count). The highest BCUT2D eigenvalue weighted by atomic mass is 32.2. The van der Waals surface area contributed by atoms with E-state index in [1.54, 1.807) is 0 Å². The molecule has 0 saturated carbocycles. The number of amides is 2. The lowest BCUT2D eigenvalue weighted by Crippen LogP contribution is -2.71. The number of H-pyrrole nitrogens is 1. The van der Waals surface area contributed by atoms with Gasteiger partial charge in [0.1, 0.15) is 36.0 Å². The van der Waals surface area contributed by atoms with E-state index in [0.29, 0.717) is 17.1 Å². The predicted octanol–water partition coefficient (Wildman–Crippen LogP) is 0.186. The predicted molar refractivity (Wildman–Crippen MR) is 182 cm³/mol. The van der Waals surface area contributed by atoms with E-state index < -0.39 is 40.4 Å². The highest BCUT2D eigenvalue weighted by molar-refractivity contribution is 8.01. The van der Waals surface area contributed by atoms with Crippen molar-refractivity contribution in [1.29, 1.82) is 0 Å². The number of fused-ring (bicyclic) bond motifs is 1. The van der Waals surface area contributed by atoms with Crippen molar-refractivity contribution in [2.75, 3.05) is 29.6 Å². The molecular weight excluding hydrogens is 731 g/mol. The summed E-state index contributed by atoms with van der Waals surface area (Å²) in [5.74, 6) is -2.27. The second-order valence-corrected chi connectivity index (χ2v) is 14.5.